The Bertz CT molecular complexity index is 947. The standard InChI is InChI=1S/C17H15FN4O2/c1-9(23)12-4-2-10(6-13(12)18)14-8-21-17-16(22-14)11(7-20-17)3-5-15(19)24/h2-9,23H,1H3,(H2,19,24)(H,20,21)/t9-/m0/s1. The molecule has 0 saturated carbocycles. The molecule has 0 aliphatic carbocycles. The molecule has 0 bridgehead atoms. The molecule has 3 rings (SSSR count). The lowest BCUT2D eigenvalue weighted by Crippen LogP contribution is -2.05. The number of primary amides is 1. The normalized spacial score (nSPS) is 12.8. The molecular weight excluding hydrogens is 311 g/mol. The summed E-state index contributed by atoms with van der Waals surface area (Å²) in [7, 11) is 0. The maximum Gasteiger partial charge on any atom is 0.241 e. The van der Waals surface area contributed by atoms with Crippen molar-refractivity contribution in [2.24, 2.45) is 5.73 Å². The molecule has 0 fully saturated rings. The van der Waals surface area contributed by atoms with Gasteiger partial charge < -0.3 is 15.8 Å². The van der Waals surface area contributed by atoms with Crippen LogP contribution in [0, 0.1) is 5.82 Å². The fraction of sp³-hybridized carbons (Fsp3) is 0.118. The predicted octanol–water partition coefficient (Wildman–Crippen LogP) is 2.32. The number of nitrogens with one attached hydrogen (secondary N) is 1. The molecule has 4 N–H and O–H groups in total. The molecular formula is C17H15FN4O2. The lowest BCUT2D eigenvalue weighted by atomic mass is 10.1. The van der Waals surface area contributed by atoms with Crippen molar-refractivity contribution in [3.05, 3.63) is 53.6 Å². The molecule has 122 valence electrons. The highest BCUT2D eigenvalue weighted by Gasteiger charge is 2.12. The minimum Gasteiger partial charge on any atom is -0.389 e. The number of rotatable bonds is 4. The highest BCUT2D eigenvalue weighted by Crippen LogP contribution is 2.25. The highest BCUT2D eigenvalue weighted by molar-refractivity contribution is 5.93. The number of aromatic amines is 1. The number of carbonyl (C=O) groups excluding carboxylic acids is 1. The number of hydrogen-bond acceptors (Lipinski definition) is 4. The van der Waals surface area contributed by atoms with E-state index in [1.165, 1.54) is 37.4 Å². The molecule has 7 heteroatoms. The number of amides is 1. The molecule has 0 unspecified atom stereocenters. The van der Waals surface area contributed by atoms with E-state index < -0.39 is 17.8 Å². The number of nitrogens with two attached hydrogens (primary N) is 1. The van der Waals surface area contributed by atoms with Crippen molar-refractivity contribution in [2.45, 2.75) is 13.0 Å². The monoisotopic (exact) mass is 326 g/mol. The van der Waals surface area contributed by atoms with Crippen molar-refractivity contribution in [1.29, 1.82) is 0 Å². The van der Waals surface area contributed by atoms with E-state index in [1.807, 2.05) is 0 Å². The van der Waals surface area contributed by atoms with Gasteiger partial charge in [0.2, 0.25) is 5.91 Å². The number of halogens is 1. The summed E-state index contributed by atoms with van der Waals surface area (Å²) in [5, 5.41) is 9.50. The topological polar surface area (TPSA) is 105 Å². The first-order valence-corrected chi connectivity index (χ1v) is 7.25. The van der Waals surface area contributed by atoms with Crippen molar-refractivity contribution in [3.63, 3.8) is 0 Å². The van der Waals surface area contributed by atoms with Crippen LogP contribution in [0.2, 0.25) is 0 Å². The zero-order valence-corrected chi connectivity index (χ0v) is 12.8. The van der Waals surface area contributed by atoms with E-state index in [0.29, 0.717) is 28.0 Å². The summed E-state index contributed by atoms with van der Waals surface area (Å²) in [6.07, 6.45) is 5.07. The largest absolute Gasteiger partial charge is 0.389 e. The maximum atomic E-state index is 14.1. The average Bonchev–Trinajstić information content (AvgIpc) is 2.94. The number of aromatic nitrogens is 3. The first-order chi connectivity index (χ1) is 11.5. The zero-order chi connectivity index (χ0) is 17.3. The second kappa shape index (κ2) is 6.21. The summed E-state index contributed by atoms with van der Waals surface area (Å²) in [5.74, 6) is -1.07. The molecule has 0 aliphatic rings. The Morgan fingerprint density at radius 1 is 1.46 bits per heavy atom. The van der Waals surface area contributed by atoms with Crippen LogP contribution >= 0.6 is 0 Å². The number of fused-ring (bicyclic) bond motifs is 1. The van der Waals surface area contributed by atoms with Gasteiger partial charge >= 0.3 is 0 Å². The number of aliphatic hydroxyl groups excluding tert-OH is 1. The molecule has 1 atom stereocenters. The van der Waals surface area contributed by atoms with Crippen molar-refractivity contribution in [2.75, 3.05) is 0 Å². The summed E-state index contributed by atoms with van der Waals surface area (Å²) in [6.45, 7) is 1.50. The van der Waals surface area contributed by atoms with Crippen molar-refractivity contribution in [1.82, 2.24) is 15.0 Å². The molecule has 2 heterocycles. The Morgan fingerprint density at radius 3 is 2.92 bits per heavy atom. The van der Waals surface area contributed by atoms with Crippen molar-refractivity contribution < 1.29 is 14.3 Å². The lowest BCUT2D eigenvalue weighted by molar-refractivity contribution is -0.113. The second-order valence-corrected chi connectivity index (χ2v) is 5.34. The minimum atomic E-state index is -0.886. The fourth-order valence-electron chi connectivity index (χ4n) is 2.37. The summed E-state index contributed by atoms with van der Waals surface area (Å²) in [6, 6.07) is 4.50. The van der Waals surface area contributed by atoms with Crippen LogP contribution in [0.3, 0.4) is 0 Å². The average molecular weight is 326 g/mol. The molecule has 1 aromatic carbocycles. The van der Waals surface area contributed by atoms with Crippen LogP contribution in [0.25, 0.3) is 28.5 Å². The lowest BCUT2D eigenvalue weighted by Gasteiger charge is -2.08. The molecule has 0 aliphatic heterocycles. The van der Waals surface area contributed by atoms with Crippen LogP contribution in [0.4, 0.5) is 4.39 Å². The van der Waals surface area contributed by atoms with Gasteiger partial charge in [-0.15, -0.1) is 0 Å². The third-order valence-electron chi connectivity index (χ3n) is 3.58. The molecule has 0 radical (unpaired) electrons. The highest BCUT2D eigenvalue weighted by atomic mass is 19.1. The number of aliphatic hydroxyl groups is 1. The zero-order valence-electron chi connectivity index (χ0n) is 12.8. The Morgan fingerprint density at radius 2 is 2.25 bits per heavy atom. The molecule has 1 amide bonds. The Hall–Kier alpha value is -3.06. The summed E-state index contributed by atoms with van der Waals surface area (Å²) < 4.78 is 14.1. The third kappa shape index (κ3) is 3.02. The van der Waals surface area contributed by atoms with Gasteiger partial charge in [-0.25, -0.2) is 14.4 Å². The van der Waals surface area contributed by atoms with E-state index in [2.05, 4.69) is 15.0 Å². The van der Waals surface area contributed by atoms with Gasteiger partial charge in [0.15, 0.2) is 5.65 Å². The van der Waals surface area contributed by atoms with E-state index in [0.717, 1.165) is 0 Å². The van der Waals surface area contributed by atoms with Crippen LogP contribution in [-0.2, 0) is 4.79 Å². The Labute approximate surface area is 136 Å². The van der Waals surface area contributed by atoms with E-state index in [4.69, 9.17) is 5.73 Å². The molecule has 6 nitrogen and oxygen atoms in total. The summed E-state index contributed by atoms with van der Waals surface area (Å²) in [5.41, 5.74) is 8.08. The quantitative estimate of drug-likeness (QED) is 0.640. The predicted molar refractivity (Wildman–Crippen MR) is 88.1 cm³/mol. The first kappa shape index (κ1) is 15.8. The van der Waals surface area contributed by atoms with E-state index in [1.54, 1.807) is 12.3 Å². The van der Waals surface area contributed by atoms with Gasteiger partial charge in [-0.1, -0.05) is 12.1 Å². The van der Waals surface area contributed by atoms with Gasteiger partial charge in [-0.2, -0.15) is 0 Å². The molecule has 0 saturated heterocycles. The van der Waals surface area contributed by atoms with Crippen LogP contribution in [0.1, 0.15) is 24.2 Å². The van der Waals surface area contributed by atoms with Crippen molar-refractivity contribution in [3.8, 4) is 11.3 Å². The van der Waals surface area contributed by atoms with Gasteiger partial charge in [0.1, 0.15) is 11.3 Å². The minimum absolute atomic E-state index is 0.222. The van der Waals surface area contributed by atoms with Crippen LogP contribution in [-0.4, -0.2) is 26.0 Å². The van der Waals surface area contributed by atoms with Crippen molar-refractivity contribution >= 4 is 23.1 Å². The SMILES string of the molecule is C[C@H](O)c1ccc(-c2cnc3[nH]cc(C=CC(N)=O)c3n2)cc1F. The molecule has 3 aromatic rings. The van der Waals surface area contributed by atoms with E-state index in [9.17, 15) is 14.3 Å². The van der Waals surface area contributed by atoms with Crippen LogP contribution in [0.15, 0.2) is 36.7 Å². The van der Waals surface area contributed by atoms with Gasteiger partial charge in [0.05, 0.1) is 18.0 Å². The third-order valence-corrected chi connectivity index (χ3v) is 3.58. The van der Waals surface area contributed by atoms with Gasteiger partial charge in [0.25, 0.3) is 0 Å². The number of carbonyl (C=O) groups is 1. The number of H-pyrrole nitrogens is 1. The van der Waals surface area contributed by atoms with Crippen LogP contribution in [0.5, 0.6) is 0 Å². The summed E-state index contributed by atoms with van der Waals surface area (Å²) >= 11 is 0. The van der Waals surface area contributed by atoms with Gasteiger partial charge in [-0.3, -0.25) is 4.79 Å². The van der Waals surface area contributed by atoms with E-state index in [-0.39, 0.29) is 5.56 Å². The number of hydrogen-bond donors (Lipinski definition) is 3. The molecule has 24 heavy (non-hydrogen) atoms. The Balaban J connectivity index is 2.06. The van der Waals surface area contributed by atoms with E-state index >= 15 is 0 Å². The summed E-state index contributed by atoms with van der Waals surface area (Å²) in [4.78, 5) is 22.5. The first-order valence-electron chi connectivity index (χ1n) is 7.25. The fourth-order valence-corrected chi connectivity index (χ4v) is 2.37. The second-order valence-electron chi connectivity index (χ2n) is 5.34. The number of nitrogens with zero attached hydrogens (tertiary/aromatic N) is 2. The van der Waals surface area contributed by atoms with Gasteiger partial charge in [0, 0.05) is 29.0 Å². The molecule has 2 aromatic heterocycles. The van der Waals surface area contributed by atoms with Crippen LogP contribution < -0.4 is 5.73 Å². The smallest absolute Gasteiger partial charge is 0.241 e. The molecule has 0 spiro atoms. The number of benzene rings is 1. The maximum absolute atomic E-state index is 14.1. The Kier molecular flexibility index (Phi) is 4.09. The van der Waals surface area contributed by atoms with Gasteiger partial charge in [-0.05, 0) is 19.1 Å².